The Labute approximate surface area is 305 Å². The van der Waals surface area contributed by atoms with E-state index < -0.39 is 0 Å². The van der Waals surface area contributed by atoms with E-state index in [1.165, 1.54) is 0 Å². The molecule has 0 radical (unpaired) electrons. The first-order chi connectivity index (χ1) is 25.4. The van der Waals surface area contributed by atoms with Crippen LogP contribution in [-0.2, 0) is 0 Å². The number of hydrogen-bond acceptors (Lipinski definition) is 6. The summed E-state index contributed by atoms with van der Waals surface area (Å²) in [6, 6.07) is 47.1. The molecule has 0 aliphatic carbocycles. The van der Waals surface area contributed by atoms with Gasteiger partial charge < -0.3 is 9.47 Å². The minimum atomic E-state index is -0.172. The van der Waals surface area contributed by atoms with Crippen molar-refractivity contribution < 1.29 is 9.47 Å². The lowest BCUT2D eigenvalue weighted by Crippen LogP contribution is -2.07. The summed E-state index contributed by atoms with van der Waals surface area (Å²) in [4.78, 5) is 0. The molecule has 6 nitrogen and oxygen atoms in total. The smallest absolute Gasteiger partial charge is 0.137 e. The first-order valence-corrected chi connectivity index (χ1v) is 16.5. The number of rotatable bonds is 11. The van der Waals surface area contributed by atoms with Crippen LogP contribution >= 0.6 is 0 Å². The van der Waals surface area contributed by atoms with E-state index >= 15 is 0 Å². The maximum atomic E-state index is 9.85. The Balaban J connectivity index is 1.53. The molecule has 6 heteroatoms. The van der Waals surface area contributed by atoms with Crippen LogP contribution in [-0.4, -0.2) is 13.2 Å². The second-order valence-electron chi connectivity index (χ2n) is 11.9. The van der Waals surface area contributed by atoms with Gasteiger partial charge in [-0.2, -0.15) is 21.0 Å². The molecule has 5 rings (SSSR count). The van der Waals surface area contributed by atoms with Gasteiger partial charge in [-0.15, -0.1) is 0 Å². The fraction of sp³-hybridized carbons (Fsp3) is 0.0870. The molecule has 0 fully saturated rings. The Morgan fingerprint density at radius 1 is 0.519 bits per heavy atom. The van der Waals surface area contributed by atoms with E-state index in [-0.39, 0.29) is 17.3 Å². The van der Waals surface area contributed by atoms with Crippen molar-refractivity contribution in [2.75, 3.05) is 7.11 Å². The summed E-state index contributed by atoms with van der Waals surface area (Å²) in [5.41, 5.74) is 7.80. The van der Waals surface area contributed by atoms with Crippen LogP contribution in [0, 0.1) is 45.3 Å². The second kappa shape index (κ2) is 17.3. The van der Waals surface area contributed by atoms with E-state index in [0.29, 0.717) is 44.9 Å². The van der Waals surface area contributed by atoms with Gasteiger partial charge in [-0.25, -0.2) is 0 Å². The van der Waals surface area contributed by atoms with Crippen LogP contribution in [0.3, 0.4) is 0 Å². The average Bonchev–Trinajstić information content (AvgIpc) is 3.19. The van der Waals surface area contributed by atoms with E-state index in [0.717, 1.165) is 22.3 Å². The summed E-state index contributed by atoms with van der Waals surface area (Å²) in [7, 11) is 1.56. The topological polar surface area (TPSA) is 114 Å². The van der Waals surface area contributed by atoms with Gasteiger partial charge in [0.1, 0.15) is 46.9 Å². The number of ether oxygens (including phenoxy) is 2. The Kier molecular flexibility index (Phi) is 12.0. The van der Waals surface area contributed by atoms with Gasteiger partial charge in [-0.3, -0.25) is 0 Å². The van der Waals surface area contributed by atoms with Gasteiger partial charge in [0.05, 0.1) is 13.2 Å². The maximum absolute atomic E-state index is 9.85. The summed E-state index contributed by atoms with van der Waals surface area (Å²) in [6.07, 6.45) is 6.89. The molecule has 0 N–H and O–H groups in total. The third-order valence-electron chi connectivity index (χ3n) is 8.18. The van der Waals surface area contributed by atoms with Gasteiger partial charge >= 0.3 is 0 Å². The maximum Gasteiger partial charge on any atom is 0.137 e. The van der Waals surface area contributed by atoms with Gasteiger partial charge in [0.2, 0.25) is 0 Å². The predicted octanol–water partition coefficient (Wildman–Crippen LogP) is 10.8. The summed E-state index contributed by atoms with van der Waals surface area (Å²) in [5.74, 6) is 1.05. The van der Waals surface area contributed by atoms with Gasteiger partial charge in [-0.1, -0.05) is 133 Å². The van der Waals surface area contributed by atoms with E-state index in [4.69, 9.17) is 9.47 Å². The van der Waals surface area contributed by atoms with Crippen LogP contribution in [0.4, 0.5) is 0 Å². The Bertz CT molecular complexity index is 2310. The first-order valence-electron chi connectivity index (χ1n) is 16.5. The molecule has 52 heavy (non-hydrogen) atoms. The molecule has 5 aromatic rings. The zero-order chi connectivity index (χ0) is 36.9. The lowest BCUT2D eigenvalue weighted by atomic mass is 9.96. The molecule has 0 atom stereocenters. The molecule has 5 aromatic carbocycles. The average molecular weight is 675 g/mol. The summed E-state index contributed by atoms with van der Waals surface area (Å²) >= 11 is 0. The number of allylic oxidation sites excluding steroid dienone is 6. The van der Waals surface area contributed by atoms with Gasteiger partial charge in [-0.05, 0) is 59.4 Å². The molecule has 0 spiro atoms. The van der Waals surface area contributed by atoms with Crippen LogP contribution in [0.15, 0.2) is 145 Å². The quantitative estimate of drug-likeness (QED) is 0.102. The molecule has 0 aliphatic heterocycles. The minimum Gasteiger partial charge on any atom is -0.496 e. The Morgan fingerprint density at radius 2 is 0.885 bits per heavy atom. The first kappa shape index (κ1) is 35.9. The Morgan fingerprint density at radius 3 is 1.25 bits per heavy atom. The normalized spacial score (nSPS) is 10.5. The van der Waals surface area contributed by atoms with Gasteiger partial charge in [0, 0.05) is 22.3 Å². The highest BCUT2D eigenvalue weighted by Crippen LogP contribution is 2.35. The molecule has 0 saturated heterocycles. The number of nitrogens with zero attached hydrogens (tertiary/aromatic N) is 4. The minimum absolute atomic E-state index is 0.0246. The van der Waals surface area contributed by atoms with Crippen LogP contribution in [0.5, 0.6) is 11.5 Å². The molecule has 0 amide bonds. The molecule has 0 unspecified atom stereocenters. The fourth-order valence-corrected chi connectivity index (χ4v) is 5.62. The molecule has 0 bridgehead atoms. The summed E-state index contributed by atoms with van der Waals surface area (Å²) in [5, 5.41) is 39.4. The largest absolute Gasteiger partial charge is 0.496 e. The zero-order valence-corrected chi connectivity index (χ0v) is 29.0. The summed E-state index contributed by atoms with van der Waals surface area (Å²) in [6.45, 7) is 3.84. The third kappa shape index (κ3) is 8.61. The number of hydrogen-bond donors (Lipinski definition) is 0. The number of nitriles is 4. The molecular formula is C46H34N4O2. The number of benzene rings is 5. The van der Waals surface area contributed by atoms with Crippen LogP contribution < -0.4 is 9.47 Å². The SMILES string of the molecule is COc1cc(/C=C/C(=C(C#N)C#N)c2ccc(-c3ccccc3)cc2)c(OC(C)C)cc1/C=C/C(=C(C#N)C#N)c1ccc(-c2ccccc2)cc1. The molecule has 0 aliphatic rings. The van der Waals surface area contributed by atoms with Crippen LogP contribution in [0.1, 0.15) is 36.1 Å². The van der Waals surface area contributed by atoms with Crippen molar-refractivity contribution in [1.29, 1.82) is 21.0 Å². The third-order valence-corrected chi connectivity index (χ3v) is 8.18. The highest BCUT2D eigenvalue weighted by molar-refractivity contribution is 5.89. The lowest BCUT2D eigenvalue weighted by Gasteiger charge is -2.16. The van der Waals surface area contributed by atoms with Crippen molar-refractivity contribution in [3.8, 4) is 58.0 Å². The van der Waals surface area contributed by atoms with E-state index in [2.05, 4.69) is 0 Å². The molecular weight excluding hydrogens is 641 g/mol. The van der Waals surface area contributed by atoms with Crippen molar-refractivity contribution in [3.05, 3.63) is 167 Å². The standard InChI is InChI=1S/C46H34N4O2/c1-32(2)52-46-27-39(22-24-43(41(28-47)29-48)37-18-14-35(15-19-37)33-10-6-4-7-11-33)45(51-3)26-40(46)23-25-44(42(30-49)31-50)38-20-16-36(17-21-38)34-12-8-5-9-13-34/h4-27,32H,1-3H3/b24-22+,25-23+. The predicted molar refractivity (Wildman–Crippen MR) is 207 cm³/mol. The highest BCUT2D eigenvalue weighted by atomic mass is 16.5. The van der Waals surface area contributed by atoms with Crippen molar-refractivity contribution in [3.63, 3.8) is 0 Å². The van der Waals surface area contributed by atoms with Crippen molar-refractivity contribution in [2.24, 2.45) is 0 Å². The summed E-state index contributed by atoms with van der Waals surface area (Å²) < 4.78 is 12.0. The second-order valence-corrected chi connectivity index (χ2v) is 11.9. The lowest BCUT2D eigenvalue weighted by molar-refractivity contribution is 0.241. The molecule has 0 saturated carbocycles. The van der Waals surface area contributed by atoms with Crippen LogP contribution in [0.2, 0.25) is 0 Å². The van der Waals surface area contributed by atoms with Crippen molar-refractivity contribution in [1.82, 2.24) is 0 Å². The van der Waals surface area contributed by atoms with Gasteiger partial charge in [0.25, 0.3) is 0 Å². The molecule has 0 heterocycles. The van der Waals surface area contributed by atoms with E-state index in [1.807, 2.05) is 159 Å². The van der Waals surface area contributed by atoms with Crippen LogP contribution in [0.25, 0.3) is 45.6 Å². The number of methoxy groups -OCH3 is 1. The van der Waals surface area contributed by atoms with Crippen molar-refractivity contribution in [2.45, 2.75) is 20.0 Å². The van der Waals surface area contributed by atoms with Crippen molar-refractivity contribution >= 4 is 23.3 Å². The fourth-order valence-electron chi connectivity index (χ4n) is 5.62. The van der Waals surface area contributed by atoms with E-state index in [1.54, 1.807) is 31.4 Å². The molecule has 0 aromatic heterocycles. The molecule has 250 valence electrons. The zero-order valence-electron chi connectivity index (χ0n) is 29.0. The Hall–Kier alpha value is -7.38. The van der Waals surface area contributed by atoms with E-state index in [9.17, 15) is 21.0 Å². The highest BCUT2D eigenvalue weighted by Gasteiger charge is 2.14. The van der Waals surface area contributed by atoms with Gasteiger partial charge in [0.15, 0.2) is 0 Å². The monoisotopic (exact) mass is 674 g/mol.